The first-order chi connectivity index (χ1) is 18.2. The number of nitrogens with zero attached hydrogens (tertiary/aromatic N) is 4. The van der Waals surface area contributed by atoms with Crippen molar-refractivity contribution in [3.8, 4) is 0 Å². The lowest BCUT2D eigenvalue weighted by atomic mass is 10.1. The van der Waals surface area contributed by atoms with Crippen LogP contribution in [0.15, 0.2) is 41.3 Å². The molecule has 0 N–H and O–H groups in total. The van der Waals surface area contributed by atoms with Crippen molar-refractivity contribution in [2.24, 2.45) is 0 Å². The molecule has 212 valence electrons. The predicted octanol–water partition coefficient (Wildman–Crippen LogP) is 5.22. The standard InChI is InChI=1S/C27H33ClN4O4S2.ClH/c1-19-17-22(28)18-24-25(19)29-27(37-24)31(12-11-30-13-15-36-16-14-30)26(33)21-6-8-23(9-7-21)38(34,35)32-10-4-3-5-20(32)2;/h6-9,17-18,20H,3-5,10-16H2,1-2H3;1H. The number of benzene rings is 2. The number of carbonyl (C=O) groups is 1. The molecule has 2 aliphatic rings. The maximum absolute atomic E-state index is 13.8. The van der Waals surface area contributed by atoms with Crippen molar-refractivity contribution in [2.45, 2.75) is 44.0 Å². The Kier molecular flexibility index (Phi) is 9.91. The molecule has 2 aliphatic heterocycles. The van der Waals surface area contributed by atoms with Gasteiger partial charge in [-0.2, -0.15) is 4.31 Å². The lowest BCUT2D eigenvalue weighted by Gasteiger charge is -2.32. The van der Waals surface area contributed by atoms with Crippen LogP contribution in [-0.2, 0) is 14.8 Å². The van der Waals surface area contributed by atoms with E-state index >= 15 is 0 Å². The topological polar surface area (TPSA) is 83.0 Å². The highest BCUT2D eigenvalue weighted by molar-refractivity contribution is 7.89. The van der Waals surface area contributed by atoms with Gasteiger partial charge in [0.1, 0.15) is 0 Å². The fraction of sp³-hybridized carbons (Fsp3) is 0.481. The van der Waals surface area contributed by atoms with E-state index in [1.54, 1.807) is 33.5 Å². The molecular weight excluding hydrogens is 579 g/mol. The molecule has 39 heavy (non-hydrogen) atoms. The van der Waals surface area contributed by atoms with Crippen LogP contribution in [0.3, 0.4) is 0 Å². The summed E-state index contributed by atoms with van der Waals surface area (Å²) in [4.78, 5) is 22.8. The molecule has 1 aromatic heterocycles. The smallest absolute Gasteiger partial charge is 0.260 e. The van der Waals surface area contributed by atoms with Gasteiger partial charge < -0.3 is 4.74 Å². The zero-order chi connectivity index (χ0) is 26.9. The Morgan fingerprint density at radius 1 is 1.15 bits per heavy atom. The van der Waals surface area contributed by atoms with E-state index in [1.807, 2.05) is 26.0 Å². The molecule has 12 heteroatoms. The van der Waals surface area contributed by atoms with E-state index in [2.05, 4.69) is 4.90 Å². The number of fused-ring (bicyclic) bond motifs is 1. The molecule has 3 heterocycles. The number of hydrogen-bond acceptors (Lipinski definition) is 7. The normalized spacial score (nSPS) is 19.1. The molecule has 0 saturated carbocycles. The van der Waals surface area contributed by atoms with Gasteiger partial charge in [-0.25, -0.2) is 13.4 Å². The summed E-state index contributed by atoms with van der Waals surface area (Å²) in [5.41, 5.74) is 2.21. The van der Waals surface area contributed by atoms with Crippen molar-refractivity contribution < 1.29 is 17.9 Å². The number of anilines is 1. The van der Waals surface area contributed by atoms with Crippen molar-refractivity contribution in [3.05, 3.63) is 52.5 Å². The van der Waals surface area contributed by atoms with Gasteiger partial charge in [-0.3, -0.25) is 14.6 Å². The number of carbonyl (C=O) groups excluding carboxylic acids is 1. The first-order valence-corrected chi connectivity index (χ1v) is 15.7. The second kappa shape index (κ2) is 12.8. The van der Waals surface area contributed by atoms with Crippen LogP contribution < -0.4 is 4.90 Å². The fourth-order valence-electron chi connectivity index (χ4n) is 5.10. The van der Waals surface area contributed by atoms with Crippen LogP contribution in [0.4, 0.5) is 5.13 Å². The summed E-state index contributed by atoms with van der Waals surface area (Å²) in [6.07, 6.45) is 2.77. The van der Waals surface area contributed by atoms with E-state index in [4.69, 9.17) is 21.3 Å². The minimum atomic E-state index is -3.61. The van der Waals surface area contributed by atoms with Gasteiger partial charge >= 0.3 is 0 Å². The zero-order valence-electron chi connectivity index (χ0n) is 22.1. The number of halogens is 2. The average Bonchev–Trinajstić information content (AvgIpc) is 3.33. The molecule has 2 saturated heterocycles. The molecule has 0 radical (unpaired) electrons. The number of amides is 1. The number of morpholine rings is 1. The number of thiazole rings is 1. The highest BCUT2D eigenvalue weighted by Gasteiger charge is 2.31. The Balaban J connectivity index is 0.00000353. The molecule has 5 rings (SSSR count). The number of sulfonamides is 1. The molecular formula is C27H34Cl2N4O4S2. The van der Waals surface area contributed by atoms with E-state index < -0.39 is 10.0 Å². The van der Waals surface area contributed by atoms with Crippen LogP contribution in [0.2, 0.25) is 5.02 Å². The highest BCUT2D eigenvalue weighted by Crippen LogP contribution is 2.34. The molecule has 0 aliphatic carbocycles. The van der Waals surface area contributed by atoms with Crippen LogP contribution in [0.1, 0.15) is 42.1 Å². The van der Waals surface area contributed by atoms with Gasteiger partial charge in [0.2, 0.25) is 10.0 Å². The summed E-state index contributed by atoms with van der Waals surface area (Å²) in [5, 5.41) is 1.23. The Morgan fingerprint density at radius 3 is 2.56 bits per heavy atom. The van der Waals surface area contributed by atoms with Crippen LogP contribution in [0.25, 0.3) is 10.2 Å². The monoisotopic (exact) mass is 612 g/mol. The fourth-order valence-corrected chi connectivity index (χ4v) is 8.24. The van der Waals surface area contributed by atoms with Crippen LogP contribution in [-0.4, -0.2) is 80.5 Å². The first kappa shape index (κ1) is 30.2. The van der Waals surface area contributed by atoms with E-state index in [0.29, 0.717) is 48.6 Å². The molecule has 2 fully saturated rings. The van der Waals surface area contributed by atoms with Crippen LogP contribution in [0, 0.1) is 6.92 Å². The minimum absolute atomic E-state index is 0. The van der Waals surface area contributed by atoms with E-state index in [9.17, 15) is 13.2 Å². The van der Waals surface area contributed by atoms with Gasteiger partial charge in [0.15, 0.2) is 5.13 Å². The first-order valence-electron chi connectivity index (χ1n) is 13.0. The number of piperidine rings is 1. The Labute approximate surface area is 245 Å². The van der Waals surface area contributed by atoms with Gasteiger partial charge in [0.05, 0.1) is 28.3 Å². The second-order valence-corrected chi connectivity index (χ2v) is 13.3. The Bertz CT molecular complexity index is 1410. The third-order valence-corrected chi connectivity index (χ3v) is 10.6. The largest absolute Gasteiger partial charge is 0.379 e. The minimum Gasteiger partial charge on any atom is -0.379 e. The molecule has 3 aromatic rings. The van der Waals surface area contributed by atoms with Gasteiger partial charge in [0, 0.05) is 49.4 Å². The number of rotatable bonds is 7. The lowest BCUT2D eigenvalue weighted by molar-refractivity contribution is 0.0391. The number of aromatic nitrogens is 1. The second-order valence-electron chi connectivity index (χ2n) is 9.96. The third-order valence-electron chi connectivity index (χ3n) is 7.31. The average molecular weight is 614 g/mol. The summed E-state index contributed by atoms with van der Waals surface area (Å²) in [6, 6.07) is 10.0. The molecule has 0 bridgehead atoms. The summed E-state index contributed by atoms with van der Waals surface area (Å²) < 4.78 is 34.5. The molecule has 1 atom stereocenters. The summed E-state index contributed by atoms with van der Waals surface area (Å²) >= 11 is 7.71. The van der Waals surface area contributed by atoms with Gasteiger partial charge in [0.25, 0.3) is 5.91 Å². The van der Waals surface area contributed by atoms with Crippen LogP contribution in [0.5, 0.6) is 0 Å². The van der Waals surface area contributed by atoms with Crippen molar-refractivity contribution in [1.82, 2.24) is 14.2 Å². The zero-order valence-corrected chi connectivity index (χ0v) is 25.3. The Hall–Kier alpha value is -1.79. The van der Waals surface area contributed by atoms with Gasteiger partial charge in [-0.1, -0.05) is 29.4 Å². The van der Waals surface area contributed by atoms with E-state index in [-0.39, 0.29) is 29.3 Å². The third kappa shape index (κ3) is 6.59. The van der Waals surface area contributed by atoms with Gasteiger partial charge in [-0.15, -0.1) is 12.4 Å². The summed E-state index contributed by atoms with van der Waals surface area (Å²) in [6.45, 7) is 8.57. The van der Waals surface area contributed by atoms with E-state index in [0.717, 1.165) is 48.1 Å². The molecule has 8 nitrogen and oxygen atoms in total. The van der Waals surface area contributed by atoms with Gasteiger partial charge in [-0.05, 0) is 68.7 Å². The molecule has 1 amide bonds. The molecule has 1 unspecified atom stereocenters. The van der Waals surface area contributed by atoms with Crippen LogP contribution >= 0.6 is 35.3 Å². The SMILES string of the molecule is Cc1cc(Cl)cc2sc(N(CCN3CCOCC3)C(=O)c3ccc(S(=O)(=O)N4CCCCC4C)cc3)nc12.Cl. The highest BCUT2D eigenvalue weighted by atomic mass is 35.5. The Morgan fingerprint density at radius 2 is 1.87 bits per heavy atom. The van der Waals surface area contributed by atoms with E-state index in [1.165, 1.54) is 11.3 Å². The lowest BCUT2D eigenvalue weighted by Crippen LogP contribution is -2.43. The van der Waals surface area contributed by atoms with Crippen molar-refractivity contribution in [3.63, 3.8) is 0 Å². The predicted molar refractivity (Wildman–Crippen MR) is 159 cm³/mol. The number of hydrogen-bond donors (Lipinski definition) is 0. The summed E-state index contributed by atoms with van der Waals surface area (Å²) in [7, 11) is -3.61. The molecule has 2 aromatic carbocycles. The maximum Gasteiger partial charge on any atom is 0.260 e. The number of aryl methyl sites for hydroxylation is 1. The summed E-state index contributed by atoms with van der Waals surface area (Å²) in [5.74, 6) is -0.212. The van der Waals surface area contributed by atoms with Crippen molar-refractivity contribution in [1.29, 1.82) is 0 Å². The van der Waals surface area contributed by atoms with Crippen molar-refractivity contribution in [2.75, 3.05) is 50.8 Å². The quantitative estimate of drug-likeness (QED) is 0.364. The maximum atomic E-state index is 13.8. The van der Waals surface area contributed by atoms with Crippen molar-refractivity contribution >= 4 is 66.6 Å². The molecule has 0 spiro atoms. The number of ether oxygens (including phenoxy) is 1.